The summed E-state index contributed by atoms with van der Waals surface area (Å²) in [5.74, 6) is -0.260. The second-order valence-electron chi connectivity index (χ2n) is 10.5. The molecule has 4 heteroatoms. The van der Waals surface area contributed by atoms with Gasteiger partial charge in [0.15, 0.2) is 5.60 Å². The van der Waals surface area contributed by atoms with Crippen LogP contribution in [-0.4, -0.2) is 23.6 Å². The molecule has 1 aliphatic heterocycles. The third-order valence-corrected chi connectivity index (χ3v) is 8.19. The van der Waals surface area contributed by atoms with Gasteiger partial charge in [0, 0.05) is 58.6 Å². The lowest BCUT2D eigenvalue weighted by Crippen LogP contribution is -2.32. The first-order chi connectivity index (χ1) is 18.5. The number of para-hydroxylation sites is 1. The molecule has 0 saturated carbocycles. The molecule has 5 rings (SSSR count). The zero-order valence-electron chi connectivity index (χ0n) is 23.5. The molecule has 1 unspecified atom stereocenters. The Morgan fingerprint density at radius 3 is 2.21 bits per heavy atom. The summed E-state index contributed by atoms with van der Waals surface area (Å²) in [5, 5.41) is 1.13. The van der Waals surface area contributed by atoms with Gasteiger partial charge in [0.05, 0.1) is 5.56 Å². The maximum absolute atomic E-state index is 13.4. The predicted molar refractivity (Wildman–Crippen MR) is 157 cm³/mol. The summed E-state index contributed by atoms with van der Waals surface area (Å²) in [7, 11) is 0. The molecule has 4 aromatic rings. The third-order valence-electron chi connectivity index (χ3n) is 8.19. The Bertz CT molecular complexity index is 1460. The Kier molecular flexibility index (Phi) is 7.34. The summed E-state index contributed by atoms with van der Waals surface area (Å²) >= 11 is 0. The second-order valence-corrected chi connectivity index (χ2v) is 10.5. The van der Waals surface area contributed by atoms with Crippen molar-refractivity contribution in [1.29, 1.82) is 0 Å². The number of anilines is 1. The number of fused-ring (bicyclic) bond motifs is 2. The van der Waals surface area contributed by atoms with Gasteiger partial charge in [-0.05, 0) is 63.4 Å². The van der Waals surface area contributed by atoms with Crippen LogP contribution in [0.2, 0.25) is 0 Å². The molecule has 198 valence electrons. The van der Waals surface area contributed by atoms with Crippen molar-refractivity contribution in [3.63, 3.8) is 0 Å². The van der Waals surface area contributed by atoms with Crippen LogP contribution < -0.4 is 4.90 Å². The normalized spacial score (nSPS) is 16.6. The van der Waals surface area contributed by atoms with E-state index in [0.29, 0.717) is 5.56 Å². The minimum atomic E-state index is -1.00. The number of carbonyl (C=O) groups is 1. The van der Waals surface area contributed by atoms with Gasteiger partial charge in [-0.1, -0.05) is 69.2 Å². The number of hydrogen-bond acceptors (Lipinski definition) is 3. The monoisotopic (exact) mass is 508 g/mol. The molecule has 0 bridgehead atoms. The van der Waals surface area contributed by atoms with Gasteiger partial charge in [-0.3, -0.25) is 0 Å². The van der Waals surface area contributed by atoms with Gasteiger partial charge in [0.2, 0.25) is 0 Å². The molecule has 3 aromatic carbocycles. The second kappa shape index (κ2) is 10.7. The van der Waals surface area contributed by atoms with Crippen LogP contribution in [0.4, 0.5) is 5.69 Å². The average molecular weight is 509 g/mol. The van der Waals surface area contributed by atoms with Crippen molar-refractivity contribution < 1.29 is 9.53 Å². The minimum Gasteiger partial charge on any atom is -0.440 e. The molecule has 0 N–H and O–H groups in total. The third kappa shape index (κ3) is 4.11. The van der Waals surface area contributed by atoms with Crippen molar-refractivity contribution in [2.45, 2.75) is 72.4 Å². The number of esters is 1. The number of cyclic esters (lactones) is 1. The SMILES string of the molecule is CCCCN(CCCC)c1ccc(C2(c3c(C)n(CC)c4ccccc34)OC(=O)c3ccccc32)c(C)c1. The standard InChI is InChI=1S/C34H40N2O2/c1-6-9-21-35(22-10-7-2)26-19-20-29(24(4)23-26)34(30-17-13-11-15-27(30)33(37)38-34)32-25(5)36(8-3)31-18-14-12-16-28(31)32/h11-20,23H,6-10,21-22H2,1-5H3. The Morgan fingerprint density at radius 2 is 1.53 bits per heavy atom. The first-order valence-corrected chi connectivity index (χ1v) is 14.2. The van der Waals surface area contributed by atoms with E-state index in [-0.39, 0.29) is 5.97 Å². The summed E-state index contributed by atoms with van der Waals surface area (Å²) in [6.07, 6.45) is 4.71. The molecule has 0 radical (unpaired) electrons. The zero-order valence-corrected chi connectivity index (χ0v) is 23.5. The summed E-state index contributed by atoms with van der Waals surface area (Å²) in [6.45, 7) is 14.0. The van der Waals surface area contributed by atoms with Gasteiger partial charge >= 0.3 is 5.97 Å². The molecule has 4 nitrogen and oxygen atoms in total. The molecule has 1 atom stereocenters. The van der Waals surface area contributed by atoms with Crippen molar-refractivity contribution >= 4 is 22.6 Å². The molecular weight excluding hydrogens is 468 g/mol. The van der Waals surface area contributed by atoms with E-state index in [9.17, 15) is 4.79 Å². The highest BCUT2D eigenvalue weighted by atomic mass is 16.6. The van der Waals surface area contributed by atoms with Gasteiger partial charge in [-0.2, -0.15) is 0 Å². The van der Waals surface area contributed by atoms with Gasteiger partial charge in [0.1, 0.15) is 0 Å². The number of carbonyl (C=O) groups excluding carboxylic acids is 1. The lowest BCUT2D eigenvalue weighted by Gasteiger charge is -2.33. The number of ether oxygens (including phenoxy) is 1. The van der Waals surface area contributed by atoms with Crippen LogP contribution in [-0.2, 0) is 16.9 Å². The quantitative estimate of drug-likeness (QED) is 0.203. The van der Waals surface area contributed by atoms with Crippen LogP contribution >= 0.6 is 0 Å². The van der Waals surface area contributed by atoms with Crippen molar-refractivity contribution in [3.05, 3.63) is 100 Å². The summed E-state index contributed by atoms with van der Waals surface area (Å²) in [6, 6.07) is 23.2. The Morgan fingerprint density at radius 1 is 0.842 bits per heavy atom. The van der Waals surface area contributed by atoms with E-state index < -0.39 is 5.60 Å². The molecule has 0 amide bonds. The van der Waals surface area contributed by atoms with Crippen LogP contribution in [0.5, 0.6) is 0 Å². The molecule has 38 heavy (non-hydrogen) atoms. The number of rotatable bonds is 10. The number of benzene rings is 3. The molecule has 0 spiro atoms. The number of hydrogen-bond donors (Lipinski definition) is 0. The highest BCUT2D eigenvalue weighted by Gasteiger charge is 2.51. The van der Waals surface area contributed by atoms with Gasteiger partial charge in [-0.15, -0.1) is 0 Å². The van der Waals surface area contributed by atoms with Gasteiger partial charge < -0.3 is 14.2 Å². The van der Waals surface area contributed by atoms with Crippen LogP contribution in [0, 0.1) is 13.8 Å². The molecule has 0 aliphatic carbocycles. The van der Waals surface area contributed by atoms with Crippen LogP contribution in [0.3, 0.4) is 0 Å². The fourth-order valence-corrected chi connectivity index (χ4v) is 6.33. The molecular formula is C34H40N2O2. The van der Waals surface area contributed by atoms with E-state index in [4.69, 9.17) is 4.74 Å². The maximum Gasteiger partial charge on any atom is 0.340 e. The van der Waals surface area contributed by atoms with E-state index in [0.717, 1.165) is 53.0 Å². The van der Waals surface area contributed by atoms with Crippen molar-refractivity contribution in [2.75, 3.05) is 18.0 Å². The lowest BCUT2D eigenvalue weighted by molar-refractivity contribution is 0.0252. The number of unbranched alkanes of at least 4 members (excludes halogenated alkanes) is 2. The Balaban J connectivity index is 1.76. The Hall–Kier alpha value is -3.53. The molecule has 1 aromatic heterocycles. The fraction of sp³-hybridized carbons (Fsp3) is 0.382. The van der Waals surface area contributed by atoms with Crippen molar-refractivity contribution in [1.82, 2.24) is 4.57 Å². The highest BCUT2D eigenvalue weighted by molar-refractivity contribution is 5.99. The molecule has 0 fully saturated rings. The Labute approximate surface area is 227 Å². The van der Waals surface area contributed by atoms with E-state index >= 15 is 0 Å². The zero-order chi connectivity index (χ0) is 26.9. The fourth-order valence-electron chi connectivity index (χ4n) is 6.33. The highest BCUT2D eigenvalue weighted by Crippen LogP contribution is 2.52. The topological polar surface area (TPSA) is 34.5 Å². The van der Waals surface area contributed by atoms with E-state index in [2.05, 4.69) is 92.6 Å². The smallest absolute Gasteiger partial charge is 0.340 e. The predicted octanol–water partition coefficient (Wildman–Crippen LogP) is 8.15. The first kappa shape index (κ1) is 26.1. The van der Waals surface area contributed by atoms with Crippen molar-refractivity contribution in [2.24, 2.45) is 0 Å². The minimum absolute atomic E-state index is 0.260. The molecule has 1 aliphatic rings. The lowest BCUT2D eigenvalue weighted by atomic mass is 9.77. The van der Waals surface area contributed by atoms with Crippen molar-refractivity contribution in [3.8, 4) is 0 Å². The van der Waals surface area contributed by atoms with E-state index in [1.54, 1.807) is 0 Å². The number of nitrogens with zero attached hydrogens (tertiary/aromatic N) is 2. The molecule has 0 saturated heterocycles. The van der Waals surface area contributed by atoms with E-state index in [1.165, 1.54) is 36.9 Å². The van der Waals surface area contributed by atoms with Crippen LogP contribution in [0.25, 0.3) is 10.9 Å². The maximum atomic E-state index is 13.4. The van der Waals surface area contributed by atoms with E-state index in [1.807, 2.05) is 18.2 Å². The largest absolute Gasteiger partial charge is 0.440 e. The summed E-state index contributed by atoms with van der Waals surface area (Å²) < 4.78 is 8.92. The van der Waals surface area contributed by atoms with Gasteiger partial charge in [-0.25, -0.2) is 4.79 Å². The van der Waals surface area contributed by atoms with Gasteiger partial charge in [0.25, 0.3) is 0 Å². The van der Waals surface area contributed by atoms with Crippen LogP contribution in [0.15, 0.2) is 66.7 Å². The van der Waals surface area contributed by atoms with Crippen LogP contribution in [0.1, 0.15) is 84.8 Å². The number of aromatic nitrogens is 1. The summed E-state index contributed by atoms with van der Waals surface area (Å²) in [5.41, 5.74) is 7.36. The first-order valence-electron chi connectivity index (χ1n) is 14.2. The average Bonchev–Trinajstić information content (AvgIpc) is 3.39. The number of aryl methyl sites for hydroxylation is 2. The molecule has 2 heterocycles. The summed E-state index contributed by atoms with van der Waals surface area (Å²) in [4.78, 5) is 16.0.